The van der Waals surface area contributed by atoms with Crippen LogP contribution in [0, 0.1) is 6.92 Å². The predicted octanol–water partition coefficient (Wildman–Crippen LogP) is 5.78. The van der Waals surface area contributed by atoms with Crippen LogP contribution in [0.3, 0.4) is 0 Å². The first-order chi connectivity index (χ1) is 12.4. The summed E-state index contributed by atoms with van der Waals surface area (Å²) >= 11 is 12.0. The zero-order chi connectivity index (χ0) is 18.7. The van der Waals surface area contributed by atoms with E-state index in [1.807, 2.05) is 31.2 Å². The maximum atomic E-state index is 11.4. The molecule has 0 fully saturated rings. The molecule has 132 valence electrons. The number of nitrogens with one attached hydrogen (secondary N) is 2. The van der Waals surface area contributed by atoms with E-state index in [4.69, 9.17) is 23.2 Å². The van der Waals surface area contributed by atoms with Crippen molar-refractivity contribution in [3.05, 3.63) is 69.8 Å². The second kappa shape index (κ2) is 7.72. The van der Waals surface area contributed by atoms with Crippen molar-refractivity contribution in [2.45, 2.75) is 13.8 Å². The minimum absolute atomic E-state index is 0.0245. The molecule has 1 aromatic heterocycles. The van der Waals surface area contributed by atoms with Gasteiger partial charge in [-0.1, -0.05) is 23.2 Å². The molecule has 0 aliphatic carbocycles. The molecule has 5 nitrogen and oxygen atoms in total. The van der Waals surface area contributed by atoms with Gasteiger partial charge in [-0.3, -0.25) is 4.79 Å². The van der Waals surface area contributed by atoms with E-state index in [-0.39, 0.29) is 5.78 Å². The number of anilines is 4. The third-order valence-corrected chi connectivity index (χ3v) is 4.33. The van der Waals surface area contributed by atoms with Crippen molar-refractivity contribution in [3.63, 3.8) is 0 Å². The van der Waals surface area contributed by atoms with E-state index in [1.165, 1.54) is 6.92 Å². The highest BCUT2D eigenvalue weighted by molar-refractivity contribution is 6.42. The second-order valence-corrected chi connectivity index (χ2v) is 6.54. The molecule has 0 aliphatic heterocycles. The molecule has 0 saturated heterocycles. The lowest BCUT2D eigenvalue weighted by Gasteiger charge is -2.11. The number of halogens is 2. The van der Waals surface area contributed by atoms with Crippen LogP contribution in [-0.2, 0) is 0 Å². The van der Waals surface area contributed by atoms with Crippen LogP contribution in [0.15, 0.2) is 48.5 Å². The number of Topliss-reactive ketones (excluding diaryl/α,β-unsaturated/α-hetero) is 1. The molecule has 2 N–H and O–H groups in total. The Morgan fingerprint density at radius 3 is 2.23 bits per heavy atom. The van der Waals surface area contributed by atoms with E-state index in [0.29, 0.717) is 27.4 Å². The Morgan fingerprint density at radius 2 is 1.58 bits per heavy atom. The standard InChI is InChI=1S/C19H16Cl2N4O/c1-11-9-18(23-15-7-8-16(20)17(21)10-15)25-19(22-11)24-14-5-3-13(4-6-14)12(2)26/h3-10H,1-2H3,(H2,22,23,24,25). The summed E-state index contributed by atoms with van der Waals surface area (Å²) in [7, 11) is 0. The number of hydrogen-bond donors (Lipinski definition) is 2. The van der Waals surface area contributed by atoms with Crippen LogP contribution >= 0.6 is 23.2 Å². The van der Waals surface area contributed by atoms with Crippen molar-refractivity contribution in [1.82, 2.24) is 9.97 Å². The third-order valence-electron chi connectivity index (χ3n) is 3.59. The smallest absolute Gasteiger partial charge is 0.229 e. The van der Waals surface area contributed by atoms with Crippen LogP contribution in [0.4, 0.5) is 23.1 Å². The SMILES string of the molecule is CC(=O)c1ccc(Nc2nc(C)cc(Nc3ccc(Cl)c(Cl)c3)n2)cc1. The van der Waals surface area contributed by atoms with Crippen LogP contribution in [0.5, 0.6) is 0 Å². The molecule has 26 heavy (non-hydrogen) atoms. The lowest BCUT2D eigenvalue weighted by Crippen LogP contribution is -2.02. The van der Waals surface area contributed by atoms with Crippen molar-refractivity contribution in [2.75, 3.05) is 10.6 Å². The fourth-order valence-electron chi connectivity index (χ4n) is 2.33. The molecule has 0 aliphatic rings. The Bertz CT molecular complexity index is 958. The number of nitrogens with zero attached hydrogens (tertiary/aromatic N) is 2. The van der Waals surface area contributed by atoms with E-state index in [9.17, 15) is 4.79 Å². The third kappa shape index (κ3) is 4.50. The molecule has 0 saturated carbocycles. The molecule has 2 aromatic carbocycles. The van der Waals surface area contributed by atoms with E-state index in [2.05, 4.69) is 20.6 Å². The van der Waals surface area contributed by atoms with Crippen molar-refractivity contribution in [1.29, 1.82) is 0 Å². The van der Waals surface area contributed by atoms with E-state index >= 15 is 0 Å². The van der Waals surface area contributed by atoms with Gasteiger partial charge in [-0.2, -0.15) is 4.98 Å². The Labute approximate surface area is 161 Å². The number of aromatic nitrogens is 2. The van der Waals surface area contributed by atoms with Crippen molar-refractivity contribution in [3.8, 4) is 0 Å². The summed E-state index contributed by atoms with van der Waals surface area (Å²) in [6, 6.07) is 14.2. The predicted molar refractivity (Wildman–Crippen MR) is 106 cm³/mol. The number of hydrogen-bond acceptors (Lipinski definition) is 5. The highest BCUT2D eigenvalue weighted by Crippen LogP contribution is 2.27. The number of aryl methyl sites for hydroxylation is 1. The molecule has 0 unspecified atom stereocenters. The largest absolute Gasteiger partial charge is 0.340 e. The summed E-state index contributed by atoms with van der Waals surface area (Å²) in [4.78, 5) is 20.2. The van der Waals surface area contributed by atoms with Gasteiger partial charge in [0.25, 0.3) is 0 Å². The fourth-order valence-corrected chi connectivity index (χ4v) is 2.63. The normalized spacial score (nSPS) is 10.5. The Balaban J connectivity index is 1.80. The van der Waals surface area contributed by atoms with Gasteiger partial charge in [-0.05, 0) is 56.3 Å². The van der Waals surface area contributed by atoms with Crippen LogP contribution in [0.1, 0.15) is 23.0 Å². The molecule has 0 radical (unpaired) electrons. The molecule has 3 aromatic rings. The Morgan fingerprint density at radius 1 is 0.885 bits per heavy atom. The average molecular weight is 387 g/mol. The molecule has 0 spiro atoms. The van der Waals surface area contributed by atoms with Gasteiger partial charge < -0.3 is 10.6 Å². The number of carbonyl (C=O) groups excluding carboxylic acids is 1. The van der Waals surface area contributed by atoms with Crippen LogP contribution in [-0.4, -0.2) is 15.8 Å². The molecule has 7 heteroatoms. The summed E-state index contributed by atoms with van der Waals surface area (Å²) in [5.74, 6) is 1.10. The number of rotatable bonds is 5. The topological polar surface area (TPSA) is 66.9 Å². The van der Waals surface area contributed by atoms with Crippen LogP contribution < -0.4 is 10.6 Å². The first kappa shape index (κ1) is 18.2. The van der Waals surface area contributed by atoms with E-state index in [0.717, 1.165) is 17.1 Å². The maximum absolute atomic E-state index is 11.4. The molecular weight excluding hydrogens is 371 g/mol. The first-order valence-corrected chi connectivity index (χ1v) is 8.62. The lowest BCUT2D eigenvalue weighted by atomic mass is 10.1. The van der Waals surface area contributed by atoms with Crippen molar-refractivity contribution >= 4 is 52.1 Å². The highest BCUT2D eigenvalue weighted by atomic mass is 35.5. The molecule has 3 rings (SSSR count). The first-order valence-electron chi connectivity index (χ1n) is 7.86. The summed E-state index contributed by atoms with van der Waals surface area (Å²) < 4.78 is 0. The van der Waals surface area contributed by atoms with E-state index in [1.54, 1.807) is 24.3 Å². The van der Waals surface area contributed by atoms with Gasteiger partial charge in [0.05, 0.1) is 10.0 Å². The minimum atomic E-state index is 0.0245. The highest BCUT2D eigenvalue weighted by Gasteiger charge is 2.06. The summed E-state index contributed by atoms with van der Waals surface area (Å²) in [5, 5.41) is 7.28. The summed E-state index contributed by atoms with van der Waals surface area (Å²) in [6.45, 7) is 3.42. The number of carbonyl (C=O) groups is 1. The molecule has 0 amide bonds. The number of ketones is 1. The Kier molecular flexibility index (Phi) is 5.40. The Hall–Kier alpha value is -2.63. The maximum Gasteiger partial charge on any atom is 0.229 e. The van der Waals surface area contributed by atoms with Gasteiger partial charge in [0, 0.05) is 28.7 Å². The van der Waals surface area contributed by atoms with Gasteiger partial charge in [0.1, 0.15) is 5.82 Å². The second-order valence-electron chi connectivity index (χ2n) is 5.73. The monoisotopic (exact) mass is 386 g/mol. The van der Waals surface area contributed by atoms with Gasteiger partial charge in [-0.15, -0.1) is 0 Å². The summed E-state index contributed by atoms with van der Waals surface area (Å²) in [6.07, 6.45) is 0. The average Bonchev–Trinajstić information content (AvgIpc) is 2.58. The van der Waals surface area contributed by atoms with Gasteiger partial charge in [0.15, 0.2) is 5.78 Å². The van der Waals surface area contributed by atoms with Crippen molar-refractivity contribution in [2.24, 2.45) is 0 Å². The number of benzene rings is 2. The quantitative estimate of drug-likeness (QED) is 0.543. The zero-order valence-corrected chi connectivity index (χ0v) is 15.7. The van der Waals surface area contributed by atoms with Crippen LogP contribution in [0.25, 0.3) is 0 Å². The van der Waals surface area contributed by atoms with E-state index < -0.39 is 0 Å². The van der Waals surface area contributed by atoms with Gasteiger partial charge >= 0.3 is 0 Å². The van der Waals surface area contributed by atoms with Gasteiger partial charge in [0.2, 0.25) is 5.95 Å². The molecule has 0 atom stereocenters. The molecule has 0 bridgehead atoms. The lowest BCUT2D eigenvalue weighted by molar-refractivity contribution is 0.101. The van der Waals surface area contributed by atoms with Crippen molar-refractivity contribution < 1.29 is 4.79 Å². The van der Waals surface area contributed by atoms with Crippen LogP contribution in [0.2, 0.25) is 10.0 Å². The zero-order valence-electron chi connectivity index (χ0n) is 14.2. The molecule has 1 heterocycles. The summed E-state index contributed by atoms with van der Waals surface area (Å²) in [5.41, 5.74) is 3.02. The minimum Gasteiger partial charge on any atom is -0.340 e. The fraction of sp³-hybridized carbons (Fsp3) is 0.105. The molecular formula is C19H16Cl2N4O. The van der Waals surface area contributed by atoms with Gasteiger partial charge in [-0.25, -0.2) is 4.98 Å².